The molecule has 0 rings (SSSR count). The second-order valence-corrected chi connectivity index (χ2v) is 3.12. The molecule has 0 aliphatic rings. The Labute approximate surface area is 80.8 Å². The van der Waals surface area contributed by atoms with E-state index in [1.165, 1.54) is 12.0 Å². The molecule has 13 heavy (non-hydrogen) atoms. The van der Waals surface area contributed by atoms with E-state index in [2.05, 4.69) is 19.9 Å². The summed E-state index contributed by atoms with van der Waals surface area (Å²) >= 11 is 0. The molecule has 72 valence electrons. The van der Waals surface area contributed by atoms with Crippen LogP contribution in [0.5, 0.6) is 0 Å². The van der Waals surface area contributed by atoms with Crippen molar-refractivity contribution >= 4 is 6.29 Å². The second-order valence-electron chi connectivity index (χ2n) is 3.12. The molecular weight excluding hydrogens is 160 g/mol. The van der Waals surface area contributed by atoms with Gasteiger partial charge in [0.15, 0.2) is 0 Å². The molecule has 1 heteroatoms. The van der Waals surface area contributed by atoms with Crippen molar-refractivity contribution in [2.45, 2.75) is 33.6 Å². The van der Waals surface area contributed by atoms with Crippen molar-refractivity contribution in [3.05, 3.63) is 35.5 Å². The first kappa shape index (κ1) is 11.9. The Kier molecular flexibility index (Phi) is 6.89. The van der Waals surface area contributed by atoms with Crippen molar-refractivity contribution in [3.8, 4) is 0 Å². The lowest BCUT2D eigenvalue weighted by molar-refractivity contribution is -0.104. The van der Waals surface area contributed by atoms with Crippen molar-refractivity contribution in [3.63, 3.8) is 0 Å². The first-order valence-corrected chi connectivity index (χ1v) is 4.67. The Morgan fingerprint density at radius 1 is 1.23 bits per heavy atom. The van der Waals surface area contributed by atoms with Gasteiger partial charge in [0.1, 0.15) is 6.29 Å². The molecule has 0 amide bonds. The summed E-state index contributed by atoms with van der Waals surface area (Å²) in [5, 5.41) is 0. The molecule has 0 atom stereocenters. The van der Waals surface area contributed by atoms with Gasteiger partial charge in [0.05, 0.1) is 0 Å². The van der Waals surface area contributed by atoms with Gasteiger partial charge in [0.2, 0.25) is 0 Å². The first-order chi connectivity index (χ1) is 6.20. The number of unbranched alkanes of at least 4 members (excludes halogenated alkanes) is 1. The molecule has 0 fully saturated rings. The molecule has 0 radical (unpaired) electrons. The van der Waals surface area contributed by atoms with Crippen LogP contribution in [0.15, 0.2) is 35.5 Å². The van der Waals surface area contributed by atoms with Gasteiger partial charge in [-0.15, -0.1) is 0 Å². The zero-order valence-corrected chi connectivity index (χ0v) is 8.71. The highest BCUT2D eigenvalue weighted by atomic mass is 16.1. The van der Waals surface area contributed by atoms with E-state index >= 15 is 0 Å². The van der Waals surface area contributed by atoms with Crippen LogP contribution in [0.4, 0.5) is 0 Å². The van der Waals surface area contributed by atoms with E-state index in [4.69, 9.17) is 0 Å². The molecule has 0 spiro atoms. The van der Waals surface area contributed by atoms with Crippen LogP contribution < -0.4 is 0 Å². The van der Waals surface area contributed by atoms with Crippen LogP contribution in [0.25, 0.3) is 0 Å². The van der Waals surface area contributed by atoms with Gasteiger partial charge in [-0.3, -0.25) is 4.79 Å². The van der Waals surface area contributed by atoms with Crippen LogP contribution in [0.1, 0.15) is 33.6 Å². The number of rotatable bonds is 5. The summed E-state index contributed by atoms with van der Waals surface area (Å²) in [7, 11) is 0. The Bertz CT molecular complexity index is 232. The largest absolute Gasteiger partial charge is 0.298 e. The van der Waals surface area contributed by atoms with E-state index in [1.54, 1.807) is 6.92 Å². The highest BCUT2D eigenvalue weighted by Gasteiger charge is 1.81. The summed E-state index contributed by atoms with van der Waals surface area (Å²) in [6, 6.07) is 0. The summed E-state index contributed by atoms with van der Waals surface area (Å²) in [6.07, 6.45) is 11.1. The molecule has 0 N–H and O–H groups in total. The van der Waals surface area contributed by atoms with E-state index in [-0.39, 0.29) is 0 Å². The summed E-state index contributed by atoms with van der Waals surface area (Å²) in [6.45, 7) is 6.02. The smallest absolute Gasteiger partial charge is 0.145 e. The maximum Gasteiger partial charge on any atom is 0.145 e. The lowest BCUT2D eigenvalue weighted by Gasteiger charge is -1.90. The number of hydrogen-bond acceptors (Lipinski definition) is 1. The number of hydrogen-bond donors (Lipinski definition) is 0. The number of aldehydes is 1. The van der Waals surface area contributed by atoms with Gasteiger partial charge in [-0.25, -0.2) is 0 Å². The molecule has 0 saturated carbocycles. The Hall–Kier alpha value is -1.11. The van der Waals surface area contributed by atoms with E-state index < -0.39 is 0 Å². The van der Waals surface area contributed by atoms with Crippen molar-refractivity contribution in [1.29, 1.82) is 0 Å². The average Bonchev–Trinajstić information content (AvgIpc) is 2.14. The molecule has 0 bridgehead atoms. The molecule has 0 aliphatic heterocycles. The minimum absolute atomic E-state index is 0.750. The predicted molar refractivity (Wildman–Crippen MR) is 57.6 cm³/mol. The van der Waals surface area contributed by atoms with Gasteiger partial charge in [-0.05, 0) is 25.8 Å². The number of carbonyl (C=O) groups is 1. The van der Waals surface area contributed by atoms with Crippen LogP contribution in [0.2, 0.25) is 0 Å². The third-order valence-electron chi connectivity index (χ3n) is 1.66. The van der Waals surface area contributed by atoms with Crippen LogP contribution in [0, 0.1) is 0 Å². The Balaban J connectivity index is 4.04. The fraction of sp³-hybridized carbons (Fsp3) is 0.417. The molecule has 0 heterocycles. The topological polar surface area (TPSA) is 17.1 Å². The zero-order chi connectivity index (χ0) is 10.1. The number of allylic oxidation sites excluding steroid dienone is 6. The van der Waals surface area contributed by atoms with Gasteiger partial charge >= 0.3 is 0 Å². The van der Waals surface area contributed by atoms with Crippen molar-refractivity contribution in [1.82, 2.24) is 0 Å². The van der Waals surface area contributed by atoms with Crippen LogP contribution in [0.3, 0.4) is 0 Å². The van der Waals surface area contributed by atoms with Gasteiger partial charge in [-0.1, -0.05) is 43.2 Å². The van der Waals surface area contributed by atoms with Crippen molar-refractivity contribution in [2.75, 3.05) is 0 Å². The van der Waals surface area contributed by atoms with Crippen molar-refractivity contribution in [2.24, 2.45) is 0 Å². The van der Waals surface area contributed by atoms with Crippen LogP contribution in [-0.2, 0) is 4.79 Å². The SMILES string of the molecule is CCCC=C(C)C=CC=C(C)C=O. The summed E-state index contributed by atoms with van der Waals surface area (Å²) in [5.41, 5.74) is 2.00. The Morgan fingerprint density at radius 3 is 2.46 bits per heavy atom. The molecule has 0 aliphatic carbocycles. The number of carbonyl (C=O) groups excluding carboxylic acids is 1. The molecule has 0 aromatic rings. The van der Waals surface area contributed by atoms with E-state index in [0.29, 0.717) is 0 Å². The Morgan fingerprint density at radius 2 is 1.92 bits per heavy atom. The third kappa shape index (κ3) is 7.26. The zero-order valence-electron chi connectivity index (χ0n) is 8.71. The van der Waals surface area contributed by atoms with E-state index in [0.717, 1.165) is 18.3 Å². The first-order valence-electron chi connectivity index (χ1n) is 4.67. The molecule has 0 aromatic carbocycles. The summed E-state index contributed by atoms with van der Waals surface area (Å²) in [5.74, 6) is 0. The molecule has 1 nitrogen and oxygen atoms in total. The van der Waals surface area contributed by atoms with Gasteiger partial charge < -0.3 is 0 Å². The maximum atomic E-state index is 10.2. The molecule has 0 unspecified atom stereocenters. The highest BCUT2D eigenvalue weighted by molar-refractivity contribution is 5.72. The maximum absolute atomic E-state index is 10.2. The van der Waals surface area contributed by atoms with Crippen LogP contribution >= 0.6 is 0 Å². The minimum Gasteiger partial charge on any atom is -0.298 e. The monoisotopic (exact) mass is 178 g/mol. The van der Waals surface area contributed by atoms with Gasteiger partial charge in [-0.2, -0.15) is 0 Å². The predicted octanol–water partition coefficient (Wildman–Crippen LogP) is 3.43. The van der Waals surface area contributed by atoms with E-state index in [1.807, 2.05) is 18.2 Å². The summed E-state index contributed by atoms with van der Waals surface area (Å²) < 4.78 is 0. The fourth-order valence-electron chi connectivity index (χ4n) is 0.831. The standard InChI is InChI=1S/C12H18O/c1-4-5-7-11(2)8-6-9-12(3)10-13/h6-10H,4-5H2,1-3H3. The quantitative estimate of drug-likeness (QED) is 0.358. The summed E-state index contributed by atoms with van der Waals surface area (Å²) in [4.78, 5) is 10.2. The van der Waals surface area contributed by atoms with Gasteiger partial charge in [0.25, 0.3) is 0 Å². The lowest BCUT2D eigenvalue weighted by atomic mass is 10.2. The normalized spacial score (nSPS) is 13.8. The lowest BCUT2D eigenvalue weighted by Crippen LogP contribution is -1.73. The molecule has 0 aromatic heterocycles. The average molecular weight is 178 g/mol. The van der Waals surface area contributed by atoms with Gasteiger partial charge in [0, 0.05) is 0 Å². The van der Waals surface area contributed by atoms with Crippen molar-refractivity contribution < 1.29 is 4.79 Å². The third-order valence-corrected chi connectivity index (χ3v) is 1.66. The van der Waals surface area contributed by atoms with E-state index in [9.17, 15) is 4.79 Å². The molecular formula is C12H18O. The minimum atomic E-state index is 0.750. The highest BCUT2D eigenvalue weighted by Crippen LogP contribution is 2.00. The second kappa shape index (κ2) is 7.53. The fourth-order valence-corrected chi connectivity index (χ4v) is 0.831. The van der Waals surface area contributed by atoms with Crippen LogP contribution in [-0.4, -0.2) is 6.29 Å². The molecule has 0 saturated heterocycles.